The first-order valence-corrected chi connectivity index (χ1v) is 6.84. The van der Waals surface area contributed by atoms with Gasteiger partial charge in [-0.1, -0.05) is 17.7 Å². The van der Waals surface area contributed by atoms with Crippen LogP contribution in [0.3, 0.4) is 0 Å². The Morgan fingerprint density at radius 3 is 2.67 bits per heavy atom. The lowest BCUT2D eigenvalue weighted by atomic mass is 10.3. The van der Waals surface area contributed by atoms with Crippen LogP contribution < -0.4 is 10.5 Å². The minimum atomic E-state index is -3.81. The lowest BCUT2D eigenvalue weighted by Crippen LogP contribution is -2.16. The molecule has 0 saturated heterocycles. The van der Waals surface area contributed by atoms with Crippen molar-refractivity contribution in [1.29, 1.82) is 0 Å². The Morgan fingerprint density at radius 1 is 1.22 bits per heavy atom. The fraction of sp³-hybridized carbons (Fsp3) is 0. The lowest BCUT2D eigenvalue weighted by molar-refractivity contribution is 0.598. The molecule has 0 saturated carbocycles. The fourth-order valence-electron chi connectivity index (χ4n) is 1.38. The van der Waals surface area contributed by atoms with Crippen molar-refractivity contribution in [3.05, 3.63) is 47.6 Å². The molecule has 0 aliphatic carbocycles. The number of nitrogens with one attached hydrogen (secondary N) is 1. The zero-order valence-corrected chi connectivity index (χ0v) is 10.7. The monoisotopic (exact) mass is 283 g/mol. The molecule has 7 heteroatoms. The molecule has 1 aromatic heterocycles. The molecular weight excluding hydrogens is 274 g/mol. The van der Waals surface area contributed by atoms with Gasteiger partial charge < -0.3 is 5.73 Å². The Labute approximate surface area is 110 Å². The van der Waals surface area contributed by atoms with Crippen LogP contribution in [0, 0.1) is 0 Å². The number of hydrogen-bond acceptors (Lipinski definition) is 4. The van der Waals surface area contributed by atoms with Crippen LogP contribution in [0.15, 0.2) is 47.6 Å². The van der Waals surface area contributed by atoms with Crippen molar-refractivity contribution >= 4 is 33.0 Å². The highest BCUT2D eigenvalue weighted by Crippen LogP contribution is 2.20. The summed E-state index contributed by atoms with van der Waals surface area (Å²) >= 11 is 5.78. The molecule has 3 N–H and O–H groups in total. The Bertz CT molecular complexity index is 673. The van der Waals surface area contributed by atoms with E-state index in [1.807, 2.05) is 0 Å². The minimum Gasteiger partial charge on any atom is -0.396 e. The van der Waals surface area contributed by atoms with E-state index in [9.17, 15) is 8.42 Å². The Balaban J connectivity index is 2.37. The van der Waals surface area contributed by atoms with Gasteiger partial charge in [0.1, 0.15) is 0 Å². The number of hydrogen-bond donors (Lipinski definition) is 2. The number of aromatic nitrogens is 1. The maximum atomic E-state index is 12.0. The van der Waals surface area contributed by atoms with Crippen LogP contribution in [0.5, 0.6) is 0 Å². The molecule has 0 aliphatic heterocycles. The van der Waals surface area contributed by atoms with E-state index in [0.717, 1.165) is 0 Å². The van der Waals surface area contributed by atoms with Crippen molar-refractivity contribution in [3.8, 4) is 0 Å². The molecule has 2 aromatic rings. The van der Waals surface area contributed by atoms with Gasteiger partial charge in [0.15, 0.2) is 5.03 Å². The highest BCUT2D eigenvalue weighted by molar-refractivity contribution is 7.92. The van der Waals surface area contributed by atoms with Gasteiger partial charge in [-0.3, -0.25) is 4.72 Å². The molecule has 94 valence electrons. The number of pyridine rings is 1. The Hall–Kier alpha value is -1.79. The highest BCUT2D eigenvalue weighted by Gasteiger charge is 2.18. The van der Waals surface area contributed by atoms with E-state index in [1.54, 1.807) is 24.3 Å². The summed E-state index contributed by atoms with van der Waals surface area (Å²) in [5.41, 5.74) is 6.03. The van der Waals surface area contributed by atoms with Crippen molar-refractivity contribution in [3.63, 3.8) is 0 Å². The summed E-state index contributed by atoms with van der Waals surface area (Å²) in [6.07, 6.45) is 1.36. The van der Waals surface area contributed by atoms with Gasteiger partial charge in [-0.05, 0) is 30.3 Å². The molecule has 0 aliphatic rings. The van der Waals surface area contributed by atoms with Crippen molar-refractivity contribution in [2.75, 3.05) is 10.5 Å². The van der Waals surface area contributed by atoms with Crippen molar-refractivity contribution in [2.45, 2.75) is 5.03 Å². The third kappa shape index (κ3) is 2.72. The van der Waals surface area contributed by atoms with Crippen LogP contribution in [0.2, 0.25) is 5.02 Å². The van der Waals surface area contributed by atoms with Gasteiger partial charge >= 0.3 is 0 Å². The summed E-state index contributed by atoms with van der Waals surface area (Å²) in [6.45, 7) is 0. The summed E-state index contributed by atoms with van der Waals surface area (Å²) in [5.74, 6) is 0. The van der Waals surface area contributed by atoms with E-state index < -0.39 is 10.0 Å². The molecule has 5 nitrogen and oxygen atoms in total. The summed E-state index contributed by atoms with van der Waals surface area (Å²) in [5, 5.41) is 0.231. The van der Waals surface area contributed by atoms with Crippen LogP contribution in [0.1, 0.15) is 0 Å². The van der Waals surface area contributed by atoms with Gasteiger partial charge in [-0.15, -0.1) is 0 Å². The SMILES string of the molecule is Nc1cccnc1S(=O)(=O)Nc1cccc(Cl)c1. The van der Waals surface area contributed by atoms with Gasteiger partial charge in [0.05, 0.1) is 11.4 Å². The third-order valence-electron chi connectivity index (χ3n) is 2.13. The number of benzene rings is 1. The average Bonchev–Trinajstić information content (AvgIpc) is 2.28. The molecule has 0 spiro atoms. The van der Waals surface area contributed by atoms with E-state index in [0.29, 0.717) is 10.7 Å². The summed E-state index contributed by atoms with van der Waals surface area (Å²) < 4.78 is 26.4. The first kappa shape index (κ1) is 12.7. The zero-order valence-electron chi connectivity index (χ0n) is 9.17. The lowest BCUT2D eigenvalue weighted by Gasteiger charge is -2.08. The molecule has 1 heterocycles. The van der Waals surface area contributed by atoms with Crippen LogP contribution in [-0.4, -0.2) is 13.4 Å². The maximum absolute atomic E-state index is 12.0. The molecule has 1 aromatic carbocycles. The number of nitrogens with two attached hydrogens (primary N) is 1. The molecule has 18 heavy (non-hydrogen) atoms. The molecule has 0 bridgehead atoms. The fourth-order valence-corrected chi connectivity index (χ4v) is 2.69. The molecule has 2 rings (SSSR count). The van der Waals surface area contributed by atoms with Crippen LogP contribution in [0.4, 0.5) is 11.4 Å². The molecule has 0 atom stereocenters. The zero-order chi connectivity index (χ0) is 13.2. The average molecular weight is 284 g/mol. The Morgan fingerprint density at radius 2 is 2.00 bits per heavy atom. The maximum Gasteiger partial charge on any atom is 0.281 e. The molecule has 0 fully saturated rings. The predicted octanol–water partition coefficient (Wildman–Crippen LogP) is 2.12. The molecule has 0 radical (unpaired) electrons. The predicted molar refractivity (Wildman–Crippen MR) is 70.9 cm³/mol. The largest absolute Gasteiger partial charge is 0.396 e. The van der Waals surface area contributed by atoms with Crippen molar-refractivity contribution in [2.24, 2.45) is 0 Å². The number of anilines is 2. The third-order valence-corrected chi connectivity index (χ3v) is 3.72. The smallest absolute Gasteiger partial charge is 0.281 e. The van der Waals surface area contributed by atoms with Gasteiger partial charge in [0, 0.05) is 11.2 Å². The summed E-state index contributed by atoms with van der Waals surface area (Å²) in [6, 6.07) is 9.41. The first-order chi connectivity index (χ1) is 8.49. The second kappa shape index (κ2) is 4.83. The number of halogens is 1. The van der Waals surface area contributed by atoms with E-state index in [2.05, 4.69) is 9.71 Å². The molecular formula is C11H10ClN3O2S. The van der Waals surface area contributed by atoms with E-state index in [1.165, 1.54) is 18.3 Å². The number of nitrogen functional groups attached to an aromatic ring is 1. The van der Waals surface area contributed by atoms with Crippen molar-refractivity contribution in [1.82, 2.24) is 4.98 Å². The van der Waals surface area contributed by atoms with Gasteiger partial charge in [0.25, 0.3) is 10.0 Å². The molecule has 0 unspecified atom stereocenters. The second-order valence-electron chi connectivity index (χ2n) is 3.51. The first-order valence-electron chi connectivity index (χ1n) is 4.98. The van der Waals surface area contributed by atoms with Crippen molar-refractivity contribution < 1.29 is 8.42 Å². The number of nitrogens with zero attached hydrogens (tertiary/aromatic N) is 1. The van der Waals surface area contributed by atoms with E-state index in [4.69, 9.17) is 17.3 Å². The molecule has 0 amide bonds. The standard InChI is InChI=1S/C11H10ClN3O2S/c12-8-3-1-4-9(7-8)15-18(16,17)11-10(13)5-2-6-14-11/h1-7,15H,13H2. The van der Waals surface area contributed by atoms with E-state index >= 15 is 0 Å². The van der Waals surface area contributed by atoms with Crippen LogP contribution >= 0.6 is 11.6 Å². The minimum absolute atomic E-state index is 0.0898. The topological polar surface area (TPSA) is 85.1 Å². The quantitative estimate of drug-likeness (QED) is 0.903. The summed E-state index contributed by atoms with van der Waals surface area (Å²) in [4.78, 5) is 3.76. The number of rotatable bonds is 3. The van der Waals surface area contributed by atoms with Crippen LogP contribution in [0.25, 0.3) is 0 Å². The second-order valence-corrected chi connectivity index (χ2v) is 5.55. The Kier molecular flexibility index (Phi) is 3.40. The highest BCUT2D eigenvalue weighted by atomic mass is 35.5. The van der Waals surface area contributed by atoms with Crippen LogP contribution in [-0.2, 0) is 10.0 Å². The normalized spacial score (nSPS) is 11.2. The van der Waals surface area contributed by atoms with Gasteiger partial charge in [-0.2, -0.15) is 8.42 Å². The number of sulfonamides is 1. The van der Waals surface area contributed by atoms with Gasteiger partial charge in [0.2, 0.25) is 0 Å². The van der Waals surface area contributed by atoms with Gasteiger partial charge in [-0.25, -0.2) is 4.98 Å². The summed E-state index contributed by atoms with van der Waals surface area (Å²) in [7, 11) is -3.81. The van der Waals surface area contributed by atoms with E-state index in [-0.39, 0.29) is 10.7 Å².